The van der Waals surface area contributed by atoms with Gasteiger partial charge in [-0.15, -0.1) is 0 Å². The van der Waals surface area contributed by atoms with Gasteiger partial charge in [-0.1, -0.05) is 37.3 Å². The van der Waals surface area contributed by atoms with Crippen molar-refractivity contribution in [3.05, 3.63) is 65.5 Å². The number of hydrogen-bond donors (Lipinski definition) is 2. The number of carbonyl (C=O) groups is 1. The van der Waals surface area contributed by atoms with Gasteiger partial charge >= 0.3 is 0 Å². The molecule has 0 amide bonds. The van der Waals surface area contributed by atoms with Crippen molar-refractivity contribution >= 4 is 27.6 Å². The van der Waals surface area contributed by atoms with Crippen LogP contribution in [0.15, 0.2) is 48.5 Å². The molecule has 0 unspecified atom stereocenters. The molecule has 148 valence electrons. The SMILES string of the molecule is CC[C@@H](C(=O)c1cc2cc3c(C4CCOCC4)n[nH]c3cc2[nH]1)c1ccccc1. The minimum atomic E-state index is -0.131. The van der Waals surface area contributed by atoms with E-state index in [1.54, 1.807) is 0 Å². The molecule has 3 heterocycles. The summed E-state index contributed by atoms with van der Waals surface area (Å²) >= 11 is 0. The van der Waals surface area contributed by atoms with Crippen molar-refractivity contribution in [2.24, 2.45) is 0 Å². The first-order chi connectivity index (χ1) is 14.2. The molecule has 2 N–H and O–H groups in total. The smallest absolute Gasteiger partial charge is 0.186 e. The van der Waals surface area contributed by atoms with Gasteiger partial charge in [0.05, 0.1) is 16.9 Å². The highest BCUT2D eigenvalue weighted by molar-refractivity contribution is 6.05. The maximum Gasteiger partial charge on any atom is 0.186 e. The first kappa shape index (κ1) is 18.1. The average Bonchev–Trinajstić information content (AvgIpc) is 3.37. The maximum absolute atomic E-state index is 13.2. The largest absolute Gasteiger partial charge is 0.381 e. The number of Topliss-reactive ketones (excluding diaryl/α,β-unsaturated/α-hetero) is 1. The highest BCUT2D eigenvalue weighted by Gasteiger charge is 2.24. The van der Waals surface area contributed by atoms with Gasteiger partial charge in [0.25, 0.3) is 0 Å². The van der Waals surface area contributed by atoms with Crippen molar-refractivity contribution in [3.8, 4) is 0 Å². The summed E-state index contributed by atoms with van der Waals surface area (Å²) in [6.45, 7) is 3.65. The summed E-state index contributed by atoms with van der Waals surface area (Å²) in [7, 11) is 0. The number of ketones is 1. The Kier molecular flexibility index (Phi) is 4.68. The Morgan fingerprint density at radius 2 is 1.93 bits per heavy atom. The molecule has 0 bridgehead atoms. The molecule has 1 atom stereocenters. The summed E-state index contributed by atoms with van der Waals surface area (Å²) in [5, 5.41) is 9.98. The van der Waals surface area contributed by atoms with E-state index < -0.39 is 0 Å². The molecular formula is C24H25N3O2. The third kappa shape index (κ3) is 3.25. The van der Waals surface area contributed by atoms with Crippen LogP contribution in [0, 0.1) is 0 Å². The lowest BCUT2D eigenvalue weighted by Crippen LogP contribution is -2.14. The number of aromatic nitrogens is 3. The molecule has 0 radical (unpaired) electrons. The van der Waals surface area contributed by atoms with Gasteiger partial charge in [-0.05, 0) is 43.0 Å². The normalized spacial score (nSPS) is 16.4. The first-order valence-corrected chi connectivity index (χ1v) is 10.4. The van der Waals surface area contributed by atoms with Crippen LogP contribution in [0.5, 0.6) is 0 Å². The number of H-pyrrole nitrogens is 2. The molecule has 1 aliphatic rings. The number of hydrogen-bond acceptors (Lipinski definition) is 3. The van der Waals surface area contributed by atoms with Gasteiger partial charge in [0.1, 0.15) is 0 Å². The van der Waals surface area contributed by atoms with E-state index in [4.69, 9.17) is 4.74 Å². The second-order valence-corrected chi connectivity index (χ2v) is 7.90. The molecule has 1 fully saturated rings. The van der Waals surface area contributed by atoms with Crippen molar-refractivity contribution in [2.75, 3.05) is 13.2 Å². The Balaban J connectivity index is 1.52. The Morgan fingerprint density at radius 1 is 1.14 bits per heavy atom. The predicted octanol–water partition coefficient (Wildman–Crippen LogP) is 5.31. The molecule has 5 heteroatoms. The van der Waals surface area contributed by atoms with Gasteiger partial charge in [0.15, 0.2) is 5.78 Å². The third-order valence-corrected chi connectivity index (χ3v) is 6.13. The quantitative estimate of drug-likeness (QED) is 0.456. The van der Waals surface area contributed by atoms with E-state index in [1.165, 1.54) is 0 Å². The highest BCUT2D eigenvalue weighted by atomic mass is 16.5. The van der Waals surface area contributed by atoms with Crippen molar-refractivity contribution in [1.29, 1.82) is 0 Å². The van der Waals surface area contributed by atoms with Gasteiger partial charge in [0, 0.05) is 41.3 Å². The van der Waals surface area contributed by atoms with Crippen molar-refractivity contribution in [1.82, 2.24) is 15.2 Å². The van der Waals surface area contributed by atoms with E-state index in [9.17, 15) is 4.79 Å². The van der Waals surface area contributed by atoms with Crippen LogP contribution in [0.3, 0.4) is 0 Å². The molecule has 0 saturated carbocycles. The molecule has 1 aliphatic heterocycles. The Bertz CT molecular complexity index is 1150. The van der Waals surface area contributed by atoms with Crippen LogP contribution >= 0.6 is 0 Å². The summed E-state index contributed by atoms with van der Waals surface area (Å²) in [6, 6.07) is 16.2. The molecule has 0 aliphatic carbocycles. The fraction of sp³-hybridized carbons (Fsp3) is 0.333. The van der Waals surface area contributed by atoms with Crippen LogP contribution in [0.4, 0.5) is 0 Å². The van der Waals surface area contributed by atoms with Gasteiger partial charge in [0.2, 0.25) is 0 Å². The Morgan fingerprint density at radius 3 is 2.69 bits per heavy atom. The number of ether oxygens (including phenoxy) is 1. The second-order valence-electron chi connectivity index (χ2n) is 7.90. The number of carbonyl (C=O) groups excluding carboxylic acids is 1. The van der Waals surface area contributed by atoms with E-state index in [-0.39, 0.29) is 11.7 Å². The third-order valence-electron chi connectivity index (χ3n) is 6.13. The lowest BCUT2D eigenvalue weighted by atomic mass is 9.91. The van der Waals surface area contributed by atoms with E-state index in [1.807, 2.05) is 36.4 Å². The van der Waals surface area contributed by atoms with Crippen molar-refractivity contribution in [2.45, 2.75) is 38.0 Å². The fourth-order valence-corrected chi connectivity index (χ4v) is 4.53. The van der Waals surface area contributed by atoms with Gasteiger partial charge in [-0.3, -0.25) is 9.89 Å². The van der Waals surface area contributed by atoms with E-state index in [0.29, 0.717) is 11.6 Å². The summed E-state index contributed by atoms with van der Waals surface area (Å²) in [4.78, 5) is 16.6. The minimum Gasteiger partial charge on any atom is -0.381 e. The van der Waals surface area contributed by atoms with E-state index in [0.717, 1.165) is 65.5 Å². The number of rotatable bonds is 5. The molecule has 4 aromatic rings. The topological polar surface area (TPSA) is 70.8 Å². The molecule has 0 spiro atoms. The van der Waals surface area contributed by atoms with Crippen molar-refractivity contribution < 1.29 is 9.53 Å². The number of aromatic amines is 2. The summed E-state index contributed by atoms with van der Waals surface area (Å²) in [5.41, 5.74) is 4.83. The van der Waals surface area contributed by atoms with Gasteiger partial charge in [-0.2, -0.15) is 5.10 Å². The standard InChI is InChI=1S/C24H25N3O2/c1-2-18(15-6-4-3-5-7-15)24(28)22-13-17-12-19-21(14-20(17)25-22)26-27-23(19)16-8-10-29-11-9-16/h3-7,12-14,16,18,25H,2,8-11H2,1H3,(H,26,27)/t18-/m1/s1. The monoisotopic (exact) mass is 387 g/mol. The van der Waals surface area contributed by atoms with Crippen LogP contribution in [-0.2, 0) is 4.74 Å². The minimum absolute atomic E-state index is 0.131. The van der Waals surface area contributed by atoms with Crippen LogP contribution in [-0.4, -0.2) is 34.2 Å². The summed E-state index contributed by atoms with van der Waals surface area (Å²) < 4.78 is 5.50. The molecule has 1 saturated heterocycles. The maximum atomic E-state index is 13.2. The number of nitrogens with one attached hydrogen (secondary N) is 2. The van der Waals surface area contributed by atoms with E-state index in [2.05, 4.69) is 34.2 Å². The molecular weight excluding hydrogens is 362 g/mol. The van der Waals surface area contributed by atoms with Crippen LogP contribution in [0.1, 0.15) is 59.8 Å². The summed E-state index contributed by atoms with van der Waals surface area (Å²) in [6.07, 6.45) is 2.78. The molecule has 2 aromatic heterocycles. The zero-order valence-corrected chi connectivity index (χ0v) is 16.6. The van der Waals surface area contributed by atoms with Crippen LogP contribution < -0.4 is 0 Å². The Hall–Kier alpha value is -2.92. The lowest BCUT2D eigenvalue weighted by Gasteiger charge is -2.20. The summed E-state index contributed by atoms with van der Waals surface area (Å²) in [5.74, 6) is 0.437. The molecule has 29 heavy (non-hydrogen) atoms. The zero-order valence-electron chi connectivity index (χ0n) is 16.6. The first-order valence-electron chi connectivity index (χ1n) is 10.4. The zero-order chi connectivity index (χ0) is 19.8. The molecule has 2 aromatic carbocycles. The Labute approximate surface area is 169 Å². The number of fused-ring (bicyclic) bond motifs is 2. The molecule has 5 rings (SSSR count). The average molecular weight is 387 g/mol. The highest BCUT2D eigenvalue weighted by Crippen LogP contribution is 2.33. The number of benzene rings is 2. The van der Waals surface area contributed by atoms with Gasteiger partial charge in [-0.25, -0.2) is 0 Å². The fourth-order valence-electron chi connectivity index (χ4n) is 4.53. The van der Waals surface area contributed by atoms with Gasteiger partial charge < -0.3 is 9.72 Å². The van der Waals surface area contributed by atoms with Crippen LogP contribution in [0.2, 0.25) is 0 Å². The predicted molar refractivity (Wildman–Crippen MR) is 115 cm³/mol. The lowest BCUT2D eigenvalue weighted by molar-refractivity contribution is 0.0847. The van der Waals surface area contributed by atoms with Crippen LogP contribution in [0.25, 0.3) is 21.8 Å². The van der Waals surface area contributed by atoms with E-state index >= 15 is 0 Å². The number of nitrogens with zero attached hydrogens (tertiary/aromatic N) is 1. The molecule has 5 nitrogen and oxygen atoms in total. The van der Waals surface area contributed by atoms with Crippen molar-refractivity contribution in [3.63, 3.8) is 0 Å². The second kappa shape index (κ2) is 7.48.